The molecule has 136 valence electrons. The average Bonchev–Trinajstić information content (AvgIpc) is 3.10. The Kier molecular flexibility index (Phi) is 3.59. The Hall–Kier alpha value is -3.04. The molecule has 0 radical (unpaired) electrons. The maximum atomic E-state index is 9.20. The summed E-state index contributed by atoms with van der Waals surface area (Å²) in [5.74, 6) is 0.949. The van der Waals surface area contributed by atoms with Crippen LogP contribution in [0.1, 0.15) is 17.5 Å². The number of rotatable bonds is 1. The Morgan fingerprint density at radius 3 is 2.89 bits per heavy atom. The van der Waals surface area contributed by atoms with E-state index < -0.39 is 5.54 Å². The number of ether oxygens (including phenoxy) is 3. The van der Waals surface area contributed by atoms with E-state index in [1.54, 1.807) is 6.07 Å². The molecule has 0 saturated carbocycles. The molecule has 6 nitrogen and oxygen atoms in total. The molecule has 1 saturated heterocycles. The van der Waals surface area contributed by atoms with E-state index in [9.17, 15) is 5.26 Å². The Labute approximate surface area is 157 Å². The fourth-order valence-electron chi connectivity index (χ4n) is 4.43. The SMILES string of the molecule is N#Cc1cccc(-c2ccc3c(c2)[C@@]2(COC(N)=N2)[C@H]2CCOC[C@@H]2O3)c1. The van der Waals surface area contributed by atoms with E-state index in [4.69, 9.17) is 24.9 Å². The zero-order valence-corrected chi connectivity index (χ0v) is 14.7. The molecule has 27 heavy (non-hydrogen) atoms. The van der Waals surface area contributed by atoms with Crippen molar-refractivity contribution >= 4 is 6.02 Å². The number of benzene rings is 2. The monoisotopic (exact) mass is 361 g/mol. The van der Waals surface area contributed by atoms with Crippen LogP contribution in [-0.4, -0.2) is 31.9 Å². The molecule has 0 bridgehead atoms. The molecule has 3 atom stereocenters. The van der Waals surface area contributed by atoms with E-state index >= 15 is 0 Å². The van der Waals surface area contributed by atoms with Crippen molar-refractivity contribution in [2.24, 2.45) is 16.6 Å². The van der Waals surface area contributed by atoms with Crippen molar-refractivity contribution < 1.29 is 14.2 Å². The lowest BCUT2D eigenvalue weighted by molar-refractivity contribution is -0.0732. The van der Waals surface area contributed by atoms with E-state index in [1.165, 1.54) is 0 Å². The molecule has 6 heteroatoms. The third kappa shape index (κ3) is 2.47. The van der Waals surface area contributed by atoms with Crippen molar-refractivity contribution in [3.05, 3.63) is 53.6 Å². The number of amidine groups is 1. The minimum Gasteiger partial charge on any atom is -0.487 e. The van der Waals surface area contributed by atoms with Crippen LogP contribution in [-0.2, 0) is 15.0 Å². The first-order chi connectivity index (χ1) is 13.2. The lowest BCUT2D eigenvalue weighted by atomic mass is 9.71. The first kappa shape index (κ1) is 16.2. The summed E-state index contributed by atoms with van der Waals surface area (Å²) in [6, 6.07) is 16.1. The van der Waals surface area contributed by atoms with Crippen LogP contribution < -0.4 is 10.5 Å². The molecular weight excluding hydrogens is 342 g/mol. The Bertz CT molecular complexity index is 981. The van der Waals surface area contributed by atoms with Gasteiger partial charge in [-0.05, 0) is 41.8 Å². The summed E-state index contributed by atoms with van der Waals surface area (Å²) in [4.78, 5) is 4.76. The van der Waals surface area contributed by atoms with E-state index in [-0.39, 0.29) is 18.0 Å². The molecule has 1 fully saturated rings. The maximum absolute atomic E-state index is 9.20. The van der Waals surface area contributed by atoms with Gasteiger partial charge in [-0.2, -0.15) is 5.26 Å². The highest BCUT2D eigenvalue weighted by molar-refractivity contribution is 5.75. The van der Waals surface area contributed by atoms with Gasteiger partial charge in [-0.15, -0.1) is 0 Å². The summed E-state index contributed by atoms with van der Waals surface area (Å²) in [5.41, 5.74) is 9.00. The van der Waals surface area contributed by atoms with Crippen LogP contribution in [0.15, 0.2) is 47.5 Å². The highest BCUT2D eigenvalue weighted by atomic mass is 16.5. The summed E-state index contributed by atoms with van der Waals surface area (Å²) in [7, 11) is 0. The topological polar surface area (TPSA) is 89.9 Å². The number of hydrogen-bond donors (Lipinski definition) is 1. The van der Waals surface area contributed by atoms with E-state index in [1.807, 2.05) is 30.3 Å². The normalized spacial score (nSPS) is 28.3. The second kappa shape index (κ2) is 6.00. The molecule has 3 aliphatic heterocycles. The zero-order chi connectivity index (χ0) is 18.4. The van der Waals surface area contributed by atoms with Gasteiger partial charge in [0.2, 0.25) is 0 Å². The van der Waals surface area contributed by atoms with Crippen LogP contribution in [0.4, 0.5) is 0 Å². The molecule has 3 aliphatic rings. The molecule has 3 heterocycles. The molecular formula is C21H19N3O3. The van der Waals surface area contributed by atoms with E-state index in [0.717, 1.165) is 28.9 Å². The van der Waals surface area contributed by atoms with Crippen LogP contribution in [0.3, 0.4) is 0 Å². The molecule has 0 amide bonds. The number of nitrogens with zero attached hydrogens (tertiary/aromatic N) is 2. The minimum atomic E-state index is -0.547. The van der Waals surface area contributed by atoms with Gasteiger partial charge in [0.05, 0.1) is 18.2 Å². The van der Waals surface area contributed by atoms with Crippen LogP contribution in [0.5, 0.6) is 5.75 Å². The van der Waals surface area contributed by atoms with Gasteiger partial charge in [0.25, 0.3) is 6.02 Å². The Morgan fingerprint density at radius 2 is 2.07 bits per heavy atom. The predicted octanol–water partition coefficient (Wildman–Crippen LogP) is 2.56. The van der Waals surface area contributed by atoms with Gasteiger partial charge in [-0.25, -0.2) is 4.99 Å². The fraction of sp³-hybridized carbons (Fsp3) is 0.333. The Balaban J connectivity index is 1.66. The number of nitriles is 1. The highest BCUT2D eigenvalue weighted by Gasteiger charge is 2.54. The van der Waals surface area contributed by atoms with Gasteiger partial charge < -0.3 is 19.9 Å². The van der Waals surface area contributed by atoms with Crippen molar-refractivity contribution in [1.82, 2.24) is 0 Å². The number of fused-ring (bicyclic) bond motifs is 4. The number of hydrogen-bond acceptors (Lipinski definition) is 6. The molecule has 1 spiro atoms. The zero-order valence-electron chi connectivity index (χ0n) is 14.7. The molecule has 5 rings (SSSR count). The van der Waals surface area contributed by atoms with Crippen LogP contribution in [0.2, 0.25) is 0 Å². The van der Waals surface area contributed by atoms with Crippen molar-refractivity contribution in [2.45, 2.75) is 18.1 Å². The maximum Gasteiger partial charge on any atom is 0.283 e. The standard InChI is InChI=1S/C21H19N3O3/c22-10-13-2-1-3-14(8-13)15-4-5-18-17(9-15)21(12-26-20(23)24-21)16-6-7-25-11-19(16)27-18/h1-5,8-9,16,19H,6-7,11-12H2,(H2,23,24)/t16-,19-,21+/m0/s1. The van der Waals surface area contributed by atoms with Crippen LogP contribution in [0, 0.1) is 17.2 Å². The number of aliphatic imine (C=N–C) groups is 1. The average molecular weight is 361 g/mol. The van der Waals surface area contributed by atoms with Crippen LogP contribution in [0.25, 0.3) is 11.1 Å². The second-order valence-electron chi connectivity index (χ2n) is 7.19. The van der Waals surface area contributed by atoms with Gasteiger partial charge in [-0.3, -0.25) is 0 Å². The lowest BCUT2D eigenvalue weighted by Gasteiger charge is -2.46. The molecule has 0 aliphatic carbocycles. The summed E-state index contributed by atoms with van der Waals surface area (Å²) in [5, 5.41) is 9.20. The van der Waals surface area contributed by atoms with Crippen molar-refractivity contribution in [3.63, 3.8) is 0 Å². The minimum absolute atomic E-state index is 0.0581. The van der Waals surface area contributed by atoms with Crippen molar-refractivity contribution in [2.75, 3.05) is 19.8 Å². The van der Waals surface area contributed by atoms with Gasteiger partial charge in [-0.1, -0.05) is 18.2 Å². The number of nitrogens with two attached hydrogens (primary N) is 1. The second-order valence-corrected chi connectivity index (χ2v) is 7.19. The van der Waals surface area contributed by atoms with E-state index in [0.29, 0.717) is 25.4 Å². The van der Waals surface area contributed by atoms with Crippen molar-refractivity contribution in [3.8, 4) is 22.9 Å². The highest BCUT2D eigenvalue weighted by Crippen LogP contribution is 2.51. The largest absolute Gasteiger partial charge is 0.487 e. The smallest absolute Gasteiger partial charge is 0.283 e. The third-order valence-electron chi connectivity index (χ3n) is 5.72. The fourth-order valence-corrected chi connectivity index (χ4v) is 4.43. The lowest BCUT2D eigenvalue weighted by Crippen LogP contribution is -2.52. The summed E-state index contributed by atoms with van der Waals surface area (Å²) >= 11 is 0. The molecule has 0 aromatic heterocycles. The molecule has 2 aromatic carbocycles. The van der Waals surface area contributed by atoms with Gasteiger partial charge in [0.1, 0.15) is 24.0 Å². The first-order valence-electron chi connectivity index (χ1n) is 9.07. The summed E-state index contributed by atoms with van der Waals surface area (Å²) in [6.07, 6.45) is 0.788. The van der Waals surface area contributed by atoms with E-state index in [2.05, 4.69) is 12.1 Å². The molecule has 0 unspecified atom stereocenters. The van der Waals surface area contributed by atoms with Crippen molar-refractivity contribution in [1.29, 1.82) is 5.26 Å². The summed E-state index contributed by atoms with van der Waals surface area (Å²) in [6.45, 7) is 1.65. The van der Waals surface area contributed by atoms with Gasteiger partial charge >= 0.3 is 0 Å². The quantitative estimate of drug-likeness (QED) is 0.843. The Morgan fingerprint density at radius 1 is 1.19 bits per heavy atom. The van der Waals surface area contributed by atoms with Crippen LogP contribution >= 0.6 is 0 Å². The molecule has 2 N–H and O–H groups in total. The third-order valence-corrected chi connectivity index (χ3v) is 5.72. The molecule has 2 aromatic rings. The summed E-state index contributed by atoms with van der Waals surface area (Å²) < 4.78 is 17.5. The first-order valence-corrected chi connectivity index (χ1v) is 9.07. The predicted molar refractivity (Wildman–Crippen MR) is 99.2 cm³/mol. The van der Waals surface area contributed by atoms with Gasteiger partial charge in [0.15, 0.2) is 0 Å². The van der Waals surface area contributed by atoms with Gasteiger partial charge in [0, 0.05) is 18.1 Å².